The van der Waals surface area contributed by atoms with Gasteiger partial charge in [0.25, 0.3) is 0 Å². The molecule has 0 aliphatic carbocycles. The van der Waals surface area contributed by atoms with Crippen molar-refractivity contribution in [1.82, 2.24) is 0 Å². The molecular weight excluding hydrogens is 237 g/mol. The van der Waals surface area contributed by atoms with Gasteiger partial charge in [0.05, 0.1) is 15.6 Å². The predicted molar refractivity (Wildman–Crippen MR) is 48.6 cm³/mol. The van der Waals surface area contributed by atoms with Gasteiger partial charge in [-0.25, -0.2) is 8.42 Å². The topological polar surface area (TPSA) is 83.2 Å². The van der Waals surface area contributed by atoms with E-state index in [1.807, 2.05) is 0 Å². The Hall–Kier alpha value is 0.220. The molecule has 1 aromatic carbocycles. The largest absolute Gasteiger partial charge is 1.00 e. The first-order valence-corrected chi connectivity index (χ1v) is 5.13. The van der Waals surface area contributed by atoms with E-state index in [-0.39, 0.29) is 40.3 Å². The smallest absolute Gasteiger partial charge is 0.744 e. The van der Waals surface area contributed by atoms with Crippen LogP contribution in [-0.4, -0.2) is 13.0 Å². The maximum atomic E-state index is 10.6. The van der Waals surface area contributed by atoms with E-state index in [0.29, 0.717) is 5.56 Å². The molecular formula is C7H7ClNNaO3S. The minimum Gasteiger partial charge on any atom is -0.744 e. The van der Waals surface area contributed by atoms with Crippen molar-refractivity contribution in [2.24, 2.45) is 0 Å². The normalized spacial score (nSPS) is 10.8. The van der Waals surface area contributed by atoms with E-state index in [2.05, 4.69) is 0 Å². The Balaban J connectivity index is 0.00000169. The Morgan fingerprint density at radius 3 is 2.36 bits per heavy atom. The van der Waals surface area contributed by atoms with Gasteiger partial charge in [-0.3, -0.25) is 0 Å². The fourth-order valence-corrected chi connectivity index (χ4v) is 1.73. The number of aryl methyl sites for hydroxylation is 1. The summed E-state index contributed by atoms with van der Waals surface area (Å²) in [4.78, 5) is -0.469. The number of benzene rings is 1. The van der Waals surface area contributed by atoms with Crippen LogP contribution in [0, 0.1) is 6.92 Å². The summed E-state index contributed by atoms with van der Waals surface area (Å²) in [7, 11) is -4.53. The van der Waals surface area contributed by atoms with Gasteiger partial charge < -0.3 is 10.3 Å². The Kier molecular flexibility index (Phi) is 4.90. The number of hydrogen-bond donors (Lipinski definition) is 1. The molecule has 0 unspecified atom stereocenters. The van der Waals surface area contributed by atoms with Crippen LogP contribution in [0.3, 0.4) is 0 Å². The molecule has 2 N–H and O–H groups in total. The van der Waals surface area contributed by atoms with Crippen LogP contribution in [-0.2, 0) is 10.1 Å². The Morgan fingerprint density at radius 2 is 1.93 bits per heavy atom. The minimum atomic E-state index is -4.53. The van der Waals surface area contributed by atoms with E-state index < -0.39 is 15.0 Å². The van der Waals surface area contributed by atoms with Gasteiger partial charge in [-0.15, -0.1) is 0 Å². The molecule has 1 rings (SSSR count). The molecule has 0 saturated heterocycles. The average molecular weight is 244 g/mol. The zero-order valence-electron chi connectivity index (χ0n) is 7.74. The first kappa shape index (κ1) is 14.2. The Labute approximate surface area is 109 Å². The number of rotatable bonds is 1. The first-order chi connectivity index (χ1) is 5.84. The molecule has 0 spiro atoms. The number of nitrogens with two attached hydrogens (primary N) is 1. The van der Waals surface area contributed by atoms with Crippen LogP contribution < -0.4 is 35.3 Å². The second kappa shape index (κ2) is 4.83. The van der Waals surface area contributed by atoms with Crippen molar-refractivity contribution in [2.75, 3.05) is 5.73 Å². The van der Waals surface area contributed by atoms with Crippen molar-refractivity contribution < 1.29 is 42.5 Å². The van der Waals surface area contributed by atoms with E-state index in [1.165, 1.54) is 6.07 Å². The standard InChI is InChI=1S/C7H8ClNO3S.Na/c1-4-2-3-5(13(10,11)12)7(9)6(4)8;/h2-3H,9H2,1H3,(H,10,11,12);/q;+1/p-1. The summed E-state index contributed by atoms with van der Waals surface area (Å²) in [5.74, 6) is 0. The molecule has 0 aromatic heterocycles. The van der Waals surface area contributed by atoms with Crippen LogP contribution in [0.4, 0.5) is 5.69 Å². The summed E-state index contributed by atoms with van der Waals surface area (Å²) in [5, 5.41) is 0.108. The Bertz CT molecular complexity index is 446. The summed E-state index contributed by atoms with van der Waals surface area (Å²) in [6, 6.07) is 2.59. The molecule has 1 aromatic rings. The van der Waals surface area contributed by atoms with Crippen LogP contribution in [0.15, 0.2) is 17.0 Å². The van der Waals surface area contributed by atoms with Gasteiger partial charge in [-0.2, -0.15) is 0 Å². The number of nitrogen functional groups attached to an aromatic ring is 1. The maximum absolute atomic E-state index is 10.6. The summed E-state index contributed by atoms with van der Waals surface area (Å²) in [6.07, 6.45) is 0. The van der Waals surface area contributed by atoms with E-state index in [9.17, 15) is 13.0 Å². The van der Waals surface area contributed by atoms with Gasteiger partial charge in [0.1, 0.15) is 10.1 Å². The fraction of sp³-hybridized carbons (Fsp3) is 0.143. The van der Waals surface area contributed by atoms with Gasteiger partial charge in [0, 0.05) is 0 Å². The van der Waals surface area contributed by atoms with Crippen molar-refractivity contribution >= 4 is 27.4 Å². The first-order valence-electron chi connectivity index (χ1n) is 3.34. The van der Waals surface area contributed by atoms with E-state index in [4.69, 9.17) is 17.3 Å². The predicted octanol–water partition coefficient (Wildman–Crippen LogP) is -1.86. The molecule has 0 aliphatic rings. The van der Waals surface area contributed by atoms with E-state index >= 15 is 0 Å². The number of anilines is 1. The molecule has 0 radical (unpaired) electrons. The van der Waals surface area contributed by atoms with Gasteiger partial charge in [-0.05, 0) is 18.6 Å². The molecule has 14 heavy (non-hydrogen) atoms. The number of halogens is 1. The van der Waals surface area contributed by atoms with Crippen molar-refractivity contribution in [3.63, 3.8) is 0 Å². The zero-order chi connectivity index (χ0) is 10.2. The molecule has 0 bridgehead atoms. The van der Waals surface area contributed by atoms with Crippen molar-refractivity contribution in [1.29, 1.82) is 0 Å². The molecule has 72 valence electrons. The monoisotopic (exact) mass is 243 g/mol. The van der Waals surface area contributed by atoms with Crippen LogP contribution in [0.2, 0.25) is 5.02 Å². The van der Waals surface area contributed by atoms with Crippen LogP contribution >= 0.6 is 11.6 Å². The summed E-state index contributed by atoms with van der Waals surface area (Å²) in [6.45, 7) is 1.67. The van der Waals surface area contributed by atoms with Gasteiger partial charge >= 0.3 is 29.6 Å². The molecule has 0 saturated carbocycles. The van der Waals surface area contributed by atoms with Crippen molar-refractivity contribution in [3.8, 4) is 0 Å². The van der Waals surface area contributed by atoms with Gasteiger partial charge in [0.15, 0.2) is 0 Å². The van der Waals surface area contributed by atoms with Crippen molar-refractivity contribution in [3.05, 3.63) is 22.7 Å². The maximum Gasteiger partial charge on any atom is 1.00 e. The summed E-state index contributed by atoms with van der Waals surface area (Å²) < 4.78 is 31.9. The molecule has 4 nitrogen and oxygen atoms in total. The SMILES string of the molecule is Cc1ccc(S(=O)(=O)[O-])c(N)c1Cl.[Na+]. The molecule has 7 heteroatoms. The van der Waals surface area contributed by atoms with Gasteiger partial charge in [-0.1, -0.05) is 17.7 Å². The molecule has 0 atom stereocenters. The molecule has 0 heterocycles. The molecule has 0 aliphatic heterocycles. The number of hydrogen-bond acceptors (Lipinski definition) is 4. The zero-order valence-corrected chi connectivity index (χ0v) is 11.3. The Morgan fingerprint density at radius 1 is 1.43 bits per heavy atom. The van der Waals surface area contributed by atoms with Crippen molar-refractivity contribution in [2.45, 2.75) is 11.8 Å². The second-order valence-electron chi connectivity index (χ2n) is 2.56. The van der Waals surface area contributed by atoms with E-state index in [0.717, 1.165) is 6.07 Å². The molecule has 0 amide bonds. The summed E-state index contributed by atoms with van der Waals surface area (Å²) in [5.41, 5.74) is 5.81. The molecule has 0 fully saturated rings. The quantitative estimate of drug-likeness (QED) is 0.356. The second-order valence-corrected chi connectivity index (χ2v) is 4.29. The van der Waals surface area contributed by atoms with E-state index in [1.54, 1.807) is 6.92 Å². The summed E-state index contributed by atoms with van der Waals surface area (Å²) >= 11 is 5.66. The third kappa shape index (κ3) is 2.85. The third-order valence-corrected chi connectivity index (χ3v) is 3.00. The van der Waals surface area contributed by atoms with Crippen LogP contribution in [0.1, 0.15) is 5.56 Å². The third-order valence-electron chi connectivity index (χ3n) is 1.60. The van der Waals surface area contributed by atoms with Gasteiger partial charge in [0.2, 0.25) is 0 Å². The fourth-order valence-electron chi connectivity index (χ4n) is 0.902. The van der Waals surface area contributed by atoms with Crippen LogP contribution in [0.25, 0.3) is 0 Å². The average Bonchev–Trinajstić information content (AvgIpc) is 1.98. The minimum absolute atomic E-state index is 0. The van der Waals surface area contributed by atoms with Crippen LogP contribution in [0.5, 0.6) is 0 Å².